The first-order chi connectivity index (χ1) is 12.6. The molecular weight excluding hydrogens is 333 g/mol. The molecule has 0 spiro atoms. The molecule has 1 unspecified atom stereocenters. The van der Waals surface area contributed by atoms with Crippen LogP contribution in [0.2, 0.25) is 0 Å². The third-order valence-corrected chi connectivity index (χ3v) is 4.26. The van der Waals surface area contributed by atoms with Gasteiger partial charge in [-0.1, -0.05) is 30.3 Å². The molecule has 0 saturated carbocycles. The van der Waals surface area contributed by atoms with Crippen LogP contribution in [0.4, 0.5) is 4.39 Å². The topological polar surface area (TPSA) is 62.5 Å². The summed E-state index contributed by atoms with van der Waals surface area (Å²) >= 11 is 0. The minimum atomic E-state index is -0.480. The van der Waals surface area contributed by atoms with E-state index in [1.54, 1.807) is 36.6 Å². The summed E-state index contributed by atoms with van der Waals surface area (Å²) in [4.78, 5) is 12.7. The zero-order valence-electron chi connectivity index (χ0n) is 14.2. The normalized spacial score (nSPS) is 11.9. The highest BCUT2D eigenvalue weighted by Gasteiger charge is 2.22. The fraction of sp³-hybridized carbons (Fsp3) is 0.190. The van der Waals surface area contributed by atoms with Crippen molar-refractivity contribution < 1.29 is 18.7 Å². The van der Waals surface area contributed by atoms with Gasteiger partial charge in [0.25, 0.3) is 0 Å². The van der Waals surface area contributed by atoms with E-state index < -0.39 is 5.92 Å². The largest absolute Gasteiger partial charge is 0.508 e. The SMILES string of the molecule is O=C(NCCc1ccccc1O)C(Cc1ccco1)c1ccc(F)cc1. The molecule has 134 valence electrons. The first kappa shape index (κ1) is 17.7. The Hall–Kier alpha value is -3.08. The zero-order chi connectivity index (χ0) is 18.4. The lowest BCUT2D eigenvalue weighted by Gasteiger charge is -2.16. The van der Waals surface area contributed by atoms with Crippen molar-refractivity contribution in [2.75, 3.05) is 6.54 Å². The van der Waals surface area contributed by atoms with Gasteiger partial charge in [0.2, 0.25) is 5.91 Å². The van der Waals surface area contributed by atoms with Gasteiger partial charge >= 0.3 is 0 Å². The van der Waals surface area contributed by atoms with Crippen LogP contribution < -0.4 is 5.32 Å². The number of benzene rings is 2. The first-order valence-electron chi connectivity index (χ1n) is 8.46. The van der Waals surface area contributed by atoms with E-state index in [-0.39, 0.29) is 17.5 Å². The van der Waals surface area contributed by atoms with E-state index in [1.165, 1.54) is 12.1 Å². The molecule has 0 aliphatic carbocycles. The fourth-order valence-electron chi connectivity index (χ4n) is 2.85. The molecule has 3 rings (SSSR count). The number of halogens is 1. The van der Waals surface area contributed by atoms with Crippen molar-refractivity contribution in [1.29, 1.82) is 0 Å². The maximum atomic E-state index is 13.2. The van der Waals surface area contributed by atoms with Gasteiger partial charge in [-0.25, -0.2) is 4.39 Å². The number of carbonyl (C=O) groups excluding carboxylic acids is 1. The number of hydrogen-bond donors (Lipinski definition) is 2. The predicted octanol–water partition coefficient (Wildman–Crippen LogP) is 3.81. The van der Waals surface area contributed by atoms with Crippen LogP contribution >= 0.6 is 0 Å². The summed E-state index contributed by atoms with van der Waals surface area (Å²) in [6, 6.07) is 16.5. The number of para-hydroxylation sites is 1. The number of amides is 1. The van der Waals surface area contributed by atoms with Crippen LogP contribution in [0.3, 0.4) is 0 Å². The van der Waals surface area contributed by atoms with E-state index in [4.69, 9.17) is 4.42 Å². The Morgan fingerprint density at radius 1 is 1.08 bits per heavy atom. The molecule has 1 aromatic heterocycles. The Balaban J connectivity index is 1.68. The van der Waals surface area contributed by atoms with E-state index in [9.17, 15) is 14.3 Å². The second kappa shape index (κ2) is 8.34. The smallest absolute Gasteiger partial charge is 0.228 e. The number of nitrogens with one attached hydrogen (secondary N) is 1. The summed E-state index contributed by atoms with van der Waals surface area (Å²) in [6.45, 7) is 0.395. The average molecular weight is 353 g/mol. The minimum absolute atomic E-state index is 0.163. The molecule has 4 nitrogen and oxygen atoms in total. The number of furan rings is 1. The number of phenols is 1. The summed E-state index contributed by atoms with van der Waals surface area (Å²) in [5.74, 6) is -0.0809. The molecule has 1 amide bonds. The minimum Gasteiger partial charge on any atom is -0.508 e. The van der Waals surface area contributed by atoms with Gasteiger partial charge in [-0.15, -0.1) is 0 Å². The van der Waals surface area contributed by atoms with Gasteiger partial charge in [0, 0.05) is 13.0 Å². The molecule has 0 aliphatic rings. The van der Waals surface area contributed by atoms with Gasteiger partial charge in [0.1, 0.15) is 17.3 Å². The summed E-state index contributed by atoms with van der Waals surface area (Å²) < 4.78 is 18.6. The molecule has 3 aromatic rings. The van der Waals surface area contributed by atoms with Crippen LogP contribution in [-0.4, -0.2) is 17.6 Å². The molecule has 2 aromatic carbocycles. The lowest BCUT2D eigenvalue weighted by atomic mass is 9.93. The summed E-state index contributed by atoms with van der Waals surface area (Å²) in [5, 5.41) is 12.7. The standard InChI is InChI=1S/C21H20FNO3/c22-17-9-7-15(8-10-17)19(14-18-5-3-13-26-18)21(25)23-12-11-16-4-1-2-6-20(16)24/h1-10,13,19,24H,11-12,14H2,(H,23,25). The van der Waals surface area contributed by atoms with Crippen molar-refractivity contribution in [3.8, 4) is 5.75 Å². The molecule has 5 heteroatoms. The molecule has 1 heterocycles. The predicted molar refractivity (Wildman–Crippen MR) is 96.4 cm³/mol. The molecule has 0 saturated heterocycles. The lowest BCUT2D eigenvalue weighted by Crippen LogP contribution is -2.32. The highest BCUT2D eigenvalue weighted by molar-refractivity contribution is 5.83. The Labute approximate surface area is 151 Å². The van der Waals surface area contributed by atoms with Crippen molar-refractivity contribution in [1.82, 2.24) is 5.32 Å². The maximum Gasteiger partial charge on any atom is 0.228 e. The van der Waals surface area contributed by atoms with Gasteiger partial charge in [-0.3, -0.25) is 4.79 Å². The molecule has 0 fully saturated rings. The third-order valence-electron chi connectivity index (χ3n) is 4.26. The highest BCUT2D eigenvalue weighted by Crippen LogP contribution is 2.22. The van der Waals surface area contributed by atoms with Gasteiger partial charge in [0.05, 0.1) is 12.2 Å². The summed E-state index contributed by atoms with van der Waals surface area (Å²) in [7, 11) is 0. The lowest BCUT2D eigenvalue weighted by molar-refractivity contribution is -0.122. The van der Waals surface area contributed by atoms with Crippen LogP contribution in [0.1, 0.15) is 22.8 Å². The second-order valence-corrected chi connectivity index (χ2v) is 6.06. The van der Waals surface area contributed by atoms with Crippen LogP contribution in [0.15, 0.2) is 71.3 Å². The van der Waals surface area contributed by atoms with Crippen LogP contribution in [0.25, 0.3) is 0 Å². The Kier molecular flexibility index (Phi) is 5.69. The number of carbonyl (C=O) groups is 1. The van der Waals surface area contributed by atoms with E-state index >= 15 is 0 Å². The number of hydrogen-bond acceptors (Lipinski definition) is 3. The van der Waals surface area contributed by atoms with Crippen molar-refractivity contribution in [3.05, 3.63) is 89.6 Å². The van der Waals surface area contributed by atoms with Crippen molar-refractivity contribution >= 4 is 5.91 Å². The monoisotopic (exact) mass is 353 g/mol. The van der Waals surface area contributed by atoms with Gasteiger partial charge in [0.15, 0.2) is 0 Å². The van der Waals surface area contributed by atoms with E-state index in [0.29, 0.717) is 25.1 Å². The Morgan fingerprint density at radius 2 is 1.85 bits per heavy atom. The number of rotatable bonds is 7. The highest BCUT2D eigenvalue weighted by atomic mass is 19.1. The van der Waals surface area contributed by atoms with Gasteiger partial charge in [-0.05, 0) is 47.9 Å². The summed E-state index contributed by atoms with van der Waals surface area (Å²) in [5.41, 5.74) is 1.50. The molecular formula is C21H20FNO3. The molecule has 1 atom stereocenters. The number of phenolic OH excluding ortho intramolecular Hbond substituents is 1. The van der Waals surface area contributed by atoms with Gasteiger partial charge in [-0.2, -0.15) is 0 Å². The third kappa shape index (κ3) is 4.51. The van der Waals surface area contributed by atoms with Crippen LogP contribution in [-0.2, 0) is 17.6 Å². The fourth-order valence-corrected chi connectivity index (χ4v) is 2.85. The van der Waals surface area contributed by atoms with Crippen LogP contribution in [0, 0.1) is 5.82 Å². The molecule has 26 heavy (non-hydrogen) atoms. The van der Waals surface area contributed by atoms with Crippen molar-refractivity contribution in [2.24, 2.45) is 0 Å². The Morgan fingerprint density at radius 3 is 2.54 bits per heavy atom. The maximum absolute atomic E-state index is 13.2. The second-order valence-electron chi connectivity index (χ2n) is 6.06. The molecule has 0 radical (unpaired) electrons. The average Bonchev–Trinajstić information content (AvgIpc) is 3.15. The van der Waals surface area contributed by atoms with Crippen LogP contribution in [0.5, 0.6) is 5.75 Å². The zero-order valence-corrected chi connectivity index (χ0v) is 14.2. The molecule has 0 aliphatic heterocycles. The quantitative estimate of drug-likeness (QED) is 0.679. The Bertz CT molecular complexity index is 844. The first-order valence-corrected chi connectivity index (χ1v) is 8.46. The molecule has 2 N–H and O–H groups in total. The summed E-state index contributed by atoms with van der Waals surface area (Å²) in [6.07, 6.45) is 2.48. The number of aromatic hydroxyl groups is 1. The van der Waals surface area contributed by atoms with Crippen molar-refractivity contribution in [3.63, 3.8) is 0 Å². The van der Waals surface area contributed by atoms with Crippen molar-refractivity contribution in [2.45, 2.75) is 18.8 Å². The van der Waals surface area contributed by atoms with E-state index in [0.717, 1.165) is 11.1 Å². The van der Waals surface area contributed by atoms with E-state index in [1.807, 2.05) is 18.2 Å². The van der Waals surface area contributed by atoms with Gasteiger partial charge < -0.3 is 14.8 Å². The van der Waals surface area contributed by atoms with E-state index in [2.05, 4.69) is 5.32 Å². The molecule has 0 bridgehead atoms.